The fourth-order valence-electron chi connectivity index (χ4n) is 4.95. The first kappa shape index (κ1) is 27.6. The summed E-state index contributed by atoms with van der Waals surface area (Å²) in [6, 6.07) is 4.83. The maximum absolute atomic E-state index is 13.5. The van der Waals surface area contributed by atoms with Crippen LogP contribution in [0.25, 0.3) is 5.03 Å². The summed E-state index contributed by atoms with van der Waals surface area (Å²) in [5.41, 5.74) is 9.25. The number of rotatable bonds is 9. The van der Waals surface area contributed by atoms with Gasteiger partial charge in [-0.05, 0) is 68.0 Å². The quantitative estimate of drug-likeness (QED) is 0.494. The molecule has 9 heteroatoms. The molecule has 0 unspecified atom stereocenters. The van der Waals surface area contributed by atoms with Gasteiger partial charge in [-0.25, -0.2) is 8.78 Å². The summed E-state index contributed by atoms with van der Waals surface area (Å²) < 4.78 is 27.0. The number of benzene rings is 1. The summed E-state index contributed by atoms with van der Waals surface area (Å²) in [7, 11) is 0. The number of halogens is 3. The van der Waals surface area contributed by atoms with E-state index in [1.807, 2.05) is 24.3 Å². The molecule has 0 saturated carbocycles. The lowest BCUT2D eigenvalue weighted by Gasteiger charge is -2.41. The number of nitrogens with zero attached hydrogens (tertiary/aromatic N) is 2. The van der Waals surface area contributed by atoms with Gasteiger partial charge in [0, 0.05) is 24.5 Å². The van der Waals surface area contributed by atoms with E-state index in [0.29, 0.717) is 51.9 Å². The predicted molar refractivity (Wildman–Crippen MR) is 135 cm³/mol. The molecule has 3 N–H and O–H groups in total. The molecule has 2 atom stereocenters. The second-order valence-corrected chi connectivity index (χ2v) is 10.0. The van der Waals surface area contributed by atoms with E-state index in [4.69, 9.17) is 17.3 Å². The molecule has 194 valence electrons. The maximum Gasteiger partial charge on any atom is 0.260 e. The van der Waals surface area contributed by atoms with Crippen molar-refractivity contribution >= 4 is 28.4 Å². The zero-order valence-electron chi connectivity index (χ0n) is 19.4. The summed E-state index contributed by atoms with van der Waals surface area (Å²) in [6.45, 7) is 2.00. The van der Waals surface area contributed by atoms with Crippen molar-refractivity contribution in [3.8, 4) is 0 Å². The van der Waals surface area contributed by atoms with E-state index < -0.39 is 18.0 Å². The zero-order valence-corrected chi connectivity index (χ0v) is 20.1. The van der Waals surface area contributed by atoms with E-state index in [2.05, 4.69) is 5.32 Å². The number of likely N-dealkylation sites (tertiary alicyclic amines) is 2. The van der Waals surface area contributed by atoms with Crippen molar-refractivity contribution < 1.29 is 18.4 Å². The maximum atomic E-state index is 13.5. The molecule has 0 spiro atoms. The van der Waals surface area contributed by atoms with E-state index in [1.54, 1.807) is 9.80 Å². The van der Waals surface area contributed by atoms with Gasteiger partial charge in [0.25, 0.3) is 5.92 Å². The Morgan fingerprint density at radius 1 is 1.26 bits per heavy atom. The third-order valence-corrected chi connectivity index (χ3v) is 7.39. The minimum Gasteiger partial charge on any atom is -0.350 e. The minimum atomic E-state index is -2.59. The third kappa shape index (κ3) is 6.80. The van der Waals surface area contributed by atoms with Crippen LogP contribution in [0.2, 0.25) is 0 Å². The van der Waals surface area contributed by atoms with E-state index in [-0.39, 0.29) is 32.2 Å². The lowest BCUT2D eigenvalue weighted by molar-refractivity contribution is -0.148. The van der Waals surface area contributed by atoms with Crippen LogP contribution in [0, 0.1) is 0 Å². The average molecular weight is 511 g/mol. The van der Waals surface area contributed by atoms with Gasteiger partial charge in [-0.3, -0.25) is 14.5 Å². The second-order valence-electron chi connectivity index (χ2n) is 9.64. The Hall–Kier alpha value is -2.03. The van der Waals surface area contributed by atoms with Gasteiger partial charge in [-0.15, -0.1) is 0 Å². The number of amides is 2. The highest BCUT2D eigenvalue weighted by Gasteiger charge is 2.39. The smallest absolute Gasteiger partial charge is 0.260 e. The van der Waals surface area contributed by atoms with Crippen molar-refractivity contribution in [3.05, 3.63) is 41.0 Å². The number of carbonyl (C=O) groups is 2. The molecule has 3 aliphatic rings. The molecule has 0 radical (unpaired) electrons. The van der Waals surface area contributed by atoms with Crippen molar-refractivity contribution in [2.24, 2.45) is 5.73 Å². The molecule has 2 saturated heterocycles. The van der Waals surface area contributed by atoms with Crippen LogP contribution in [0.1, 0.15) is 62.6 Å². The summed E-state index contributed by atoms with van der Waals surface area (Å²) in [5, 5.41) is 3.66. The number of allylic oxidation sites excluding steroid dienone is 1. The first-order chi connectivity index (χ1) is 16.2. The predicted octanol–water partition coefficient (Wildman–Crippen LogP) is 3.90. The van der Waals surface area contributed by atoms with E-state index in [1.165, 1.54) is 5.56 Å². The fraction of sp³-hybridized carbons (Fsp3) is 0.615. The molecular weight excluding hydrogens is 474 g/mol. The first-order valence-corrected chi connectivity index (χ1v) is 12.5. The number of nitrogens with one attached hydrogen (secondary N) is 1. The monoisotopic (exact) mass is 510 g/mol. The molecule has 2 fully saturated rings. The zero-order chi connectivity index (χ0) is 24.3. The van der Waals surface area contributed by atoms with E-state index in [9.17, 15) is 18.4 Å². The number of carbonyl (C=O) groups excluding carboxylic acids is 2. The summed E-state index contributed by atoms with van der Waals surface area (Å²) in [5.74, 6) is -2.99. The Morgan fingerprint density at radius 3 is 2.77 bits per heavy atom. The number of fused-ring (bicyclic) bond motifs is 1. The molecule has 35 heavy (non-hydrogen) atoms. The molecule has 2 heterocycles. The van der Waals surface area contributed by atoms with Crippen molar-refractivity contribution in [2.45, 2.75) is 76.9 Å². The third-order valence-electron chi connectivity index (χ3n) is 7.03. The van der Waals surface area contributed by atoms with Gasteiger partial charge in [0.05, 0.1) is 12.6 Å². The lowest BCUT2D eigenvalue weighted by Crippen LogP contribution is -2.61. The van der Waals surface area contributed by atoms with Gasteiger partial charge < -0.3 is 16.0 Å². The van der Waals surface area contributed by atoms with Crippen LogP contribution in [0.5, 0.6) is 0 Å². The summed E-state index contributed by atoms with van der Waals surface area (Å²) >= 11 is 6.22. The molecule has 0 bridgehead atoms. The van der Waals surface area contributed by atoms with Crippen LogP contribution in [0.4, 0.5) is 8.78 Å². The van der Waals surface area contributed by atoms with Crippen molar-refractivity contribution in [3.63, 3.8) is 0 Å². The van der Waals surface area contributed by atoms with Crippen LogP contribution >= 0.6 is 11.6 Å². The molecule has 4 rings (SSSR count). The standard InChI is InChI=1S/C25H33ClF2N4O2.CH4/c26-20-8-7-18-6-5-17(14-19(18)20)15-30-23(33)22-9-13-32(22)24(34)21(29)4-1-2-11-31-12-3-10-25(27,28)16-31;/h5-6,8,14,21-22H,1-4,7,9-13,15-16,29H2,(H,30,33);1H4/t21-,22+;/m1./s1. The van der Waals surface area contributed by atoms with Crippen molar-refractivity contribution in [1.82, 2.24) is 15.1 Å². The Balaban J connectivity index is 0.00000342. The highest BCUT2D eigenvalue weighted by Crippen LogP contribution is 2.31. The van der Waals surface area contributed by atoms with Crippen molar-refractivity contribution in [1.29, 1.82) is 0 Å². The molecule has 1 aromatic carbocycles. The molecular formula is C26H37ClF2N4O2. The number of unbranched alkanes of at least 4 members (excludes halogenated alkanes) is 1. The Morgan fingerprint density at radius 2 is 2.06 bits per heavy atom. The lowest BCUT2D eigenvalue weighted by atomic mass is 9.98. The SMILES string of the molecule is C.N[C@H](CCCCN1CCCC(F)(F)C1)C(=O)N1CC[C@H]1C(=O)NCc1ccc2c(c1)C(Cl)=CC2. The summed E-state index contributed by atoms with van der Waals surface area (Å²) in [4.78, 5) is 28.8. The minimum absolute atomic E-state index is 0. The molecule has 6 nitrogen and oxygen atoms in total. The average Bonchev–Trinajstić information content (AvgIpc) is 3.14. The van der Waals surface area contributed by atoms with Crippen LogP contribution in [-0.2, 0) is 22.6 Å². The number of hydrogen-bond donors (Lipinski definition) is 2. The normalized spacial score (nSPS) is 21.9. The highest BCUT2D eigenvalue weighted by atomic mass is 35.5. The molecule has 2 amide bonds. The largest absolute Gasteiger partial charge is 0.350 e. The molecule has 0 aromatic heterocycles. The van der Waals surface area contributed by atoms with Crippen LogP contribution in [0.3, 0.4) is 0 Å². The number of piperidine rings is 1. The van der Waals surface area contributed by atoms with Crippen molar-refractivity contribution in [2.75, 3.05) is 26.2 Å². The van der Waals surface area contributed by atoms with Gasteiger partial charge in [-0.1, -0.05) is 43.7 Å². The van der Waals surface area contributed by atoms with Gasteiger partial charge in [0.15, 0.2) is 0 Å². The number of nitrogens with two attached hydrogens (primary N) is 1. The topological polar surface area (TPSA) is 78.7 Å². The Kier molecular flexibility index (Phi) is 9.29. The van der Waals surface area contributed by atoms with Crippen LogP contribution in [0.15, 0.2) is 24.3 Å². The highest BCUT2D eigenvalue weighted by molar-refractivity contribution is 6.49. The van der Waals surface area contributed by atoms with Crippen LogP contribution < -0.4 is 11.1 Å². The number of alkyl halides is 2. The van der Waals surface area contributed by atoms with E-state index >= 15 is 0 Å². The molecule has 1 aromatic rings. The Bertz CT molecular complexity index is 955. The van der Waals surface area contributed by atoms with E-state index in [0.717, 1.165) is 29.0 Å². The summed E-state index contributed by atoms with van der Waals surface area (Å²) in [6.07, 6.45) is 5.79. The Labute approximate surface area is 211 Å². The number of hydrogen-bond acceptors (Lipinski definition) is 4. The molecule has 1 aliphatic carbocycles. The van der Waals surface area contributed by atoms with Gasteiger partial charge in [-0.2, -0.15) is 0 Å². The fourth-order valence-corrected chi connectivity index (χ4v) is 5.20. The van der Waals surface area contributed by atoms with Gasteiger partial charge in [0.1, 0.15) is 6.04 Å². The van der Waals surface area contributed by atoms with Crippen LogP contribution in [-0.4, -0.2) is 65.8 Å². The first-order valence-electron chi connectivity index (χ1n) is 12.2. The second kappa shape index (κ2) is 11.8. The van der Waals surface area contributed by atoms with Gasteiger partial charge in [0.2, 0.25) is 11.8 Å². The molecule has 2 aliphatic heterocycles. The van der Waals surface area contributed by atoms with Gasteiger partial charge >= 0.3 is 0 Å².